The van der Waals surface area contributed by atoms with E-state index in [2.05, 4.69) is 10.3 Å². The lowest BCUT2D eigenvalue weighted by Crippen LogP contribution is -2.20. The quantitative estimate of drug-likeness (QED) is 0.556. The predicted octanol–water partition coefficient (Wildman–Crippen LogP) is 2.40. The number of amides is 2. The van der Waals surface area contributed by atoms with Crippen molar-refractivity contribution in [1.29, 1.82) is 0 Å². The molecule has 2 amide bonds. The first kappa shape index (κ1) is 16.9. The highest BCUT2D eigenvalue weighted by Gasteiger charge is 2.20. The average molecular weight is 335 g/mol. The van der Waals surface area contributed by atoms with Crippen LogP contribution in [0.15, 0.2) is 30.5 Å². The maximum absolute atomic E-state index is 12.4. The number of hydrogen-bond donors (Lipinski definition) is 3. The van der Waals surface area contributed by atoms with Gasteiger partial charge in [-0.25, -0.2) is 10.5 Å². The van der Waals surface area contributed by atoms with Crippen molar-refractivity contribution in [2.45, 2.75) is 19.3 Å². The molecule has 1 aromatic carbocycles. The van der Waals surface area contributed by atoms with Crippen LogP contribution in [0, 0.1) is 0 Å². The molecule has 0 unspecified atom stereocenters. The molecule has 8 heteroatoms. The summed E-state index contributed by atoms with van der Waals surface area (Å²) in [6, 6.07) is 7.30. The van der Waals surface area contributed by atoms with Crippen molar-refractivity contribution in [1.82, 2.24) is 10.5 Å². The number of nitrogens with one attached hydrogen (secondary N) is 2. The van der Waals surface area contributed by atoms with Gasteiger partial charge in [0.05, 0.1) is 19.2 Å². The highest BCUT2D eigenvalue weighted by molar-refractivity contribution is 7.17. The molecule has 0 fully saturated rings. The summed E-state index contributed by atoms with van der Waals surface area (Å²) in [5.41, 5.74) is 2.40. The SMILES string of the molecule is CC[C@@H](C(=O)Nc1ncc(C(=O)NO)s1)c1ccc(OC)cc1. The summed E-state index contributed by atoms with van der Waals surface area (Å²) < 4.78 is 5.11. The third kappa shape index (κ3) is 4.05. The maximum atomic E-state index is 12.4. The van der Waals surface area contributed by atoms with Crippen molar-refractivity contribution in [3.8, 4) is 5.75 Å². The Balaban J connectivity index is 2.10. The van der Waals surface area contributed by atoms with E-state index in [0.29, 0.717) is 11.6 Å². The Morgan fingerprint density at radius 3 is 2.61 bits per heavy atom. The molecule has 0 saturated carbocycles. The van der Waals surface area contributed by atoms with Gasteiger partial charge in [0.15, 0.2) is 5.13 Å². The van der Waals surface area contributed by atoms with Crippen LogP contribution in [-0.4, -0.2) is 29.1 Å². The number of benzene rings is 1. The molecule has 1 atom stereocenters. The van der Waals surface area contributed by atoms with E-state index in [1.165, 1.54) is 11.7 Å². The third-order valence-corrected chi connectivity index (χ3v) is 4.22. The van der Waals surface area contributed by atoms with E-state index < -0.39 is 5.91 Å². The Hall–Kier alpha value is -2.45. The van der Waals surface area contributed by atoms with Crippen molar-refractivity contribution < 1.29 is 19.5 Å². The Morgan fingerprint density at radius 1 is 1.35 bits per heavy atom. The minimum absolute atomic E-state index is 0.206. The Labute approximate surface area is 137 Å². The van der Waals surface area contributed by atoms with Crippen molar-refractivity contribution in [3.63, 3.8) is 0 Å². The van der Waals surface area contributed by atoms with Gasteiger partial charge in [-0.2, -0.15) is 0 Å². The van der Waals surface area contributed by atoms with E-state index >= 15 is 0 Å². The van der Waals surface area contributed by atoms with Gasteiger partial charge in [0, 0.05) is 0 Å². The molecule has 23 heavy (non-hydrogen) atoms. The van der Waals surface area contributed by atoms with Crippen LogP contribution in [0.4, 0.5) is 5.13 Å². The van der Waals surface area contributed by atoms with Gasteiger partial charge in [0.25, 0.3) is 5.91 Å². The lowest BCUT2D eigenvalue weighted by Gasteiger charge is -2.14. The maximum Gasteiger partial charge on any atom is 0.286 e. The molecule has 0 radical (unpaired) electrons. The lowest BCUT2D eigenvalue weighted by molar-refractivity contribution is -0.117. The first-order chi connectivity index (χ1) is 11.1. The van der Waals surface area contributed by atoms with E-state index in [1.807, 2.05) is 19.1 Å². The van der Waals surface area contributed by atoms with Crippen LogP contribution in [0.5, 0.6) is 5.75 Å². The Kier molecular flexibility index (Phi) is 5.67. The second kappa shape index (κ2) is 7.70. The lowest BCUT2D eigenvalue weighted by atomic mass is 9.95. The summed E-state index contributed by atoms with van der Waals surface area (Å²) >= 11 is 0.988. The first-order valence-corrected chi connectivity index (χ1v) is 7.75. The molecule has 1 heterocycles. The number of rotatable bonds is 6. The van der Waals surface area contributed by atoms with E-state index in [-0.39, 0.29) is 16.7 Å². The molecular weight excluding hydrogens is 318 g/mol. The molecule has 2 aromatic rings. The number of methoxy groups -OCH3 is 1. The molecular formula is C15H17N3O4S. The normalized spacial score (nSPS) is 11.6. The van der Waals surface area contributed by atoms with Crippen LogP contribution in [0.3, 0.4) is 0 Å². The molecule has 2 rings (SSSR count). The summed E-state index contributed by atoms with van der Waals surface area (Å²) in [6.07, 6.45) is 1.91. The zero-order chi connectivity index (χ0) is 16.8. The zero-order valence-electron chi connectivity index (χ0n) is 12.7. The van der Waals surface area contributed by atoms with Gasteiger partial charge in [-0.05, 0) is 24.1 Å². The van der Waals surface area contributed by atoms with Gasteiger partial charge in [-0.1, -0.05) is 30.4 Å². The monoisotopic (exact) mass is 335 g/mol. The van der Waals surface area contributed by atoms with Crippen LogP contribution in [0.2, 0.25) is 0 Å². The number of anilines is 1. The Morgan fingerprint density at radius 2 is 2.04 bits per heavy atom. The molecule has 7 nitrogen and oxygen atoms in total. The van der Waals surface area contributed by atoms with Crippen molar-refractivity contribution in [3.05, 3.63) is 40.9 Å². The molecule has 0 spiro atoms. The van der Waals surface area contributed by atoms with Crippen LogP contribution in [0.1, 0.15) is 34.5 Å². The Bertz CT molecular complexity index is 684. The number of ether oxygens (including phenoxy) is 1. The second-order valence-corrected chi connectivity index (χ2v) is 5.72. The van der Waals surface area contributed by atoms with Crippen LogP contribution in [-0.2, 0) is 4.79 Å². The van der Waals surface area contributed by atoms with E-state index in [1.54, 1.807) is 19.2 Å². The topological polar surface area (TPSA) is 101 Å². The minimum atomic E-state index is -0.662. The van der Waals surface area contributed by atoms with Crippen LogP contribution < -0.4 is 15.5 Å². The average Bonchev–Trinajstić information content (AvgIpc) is 3.04. The number of carbonyl (C=O) groups excluding carboxylic acids is 2. The molecule has 0 aliphatic rings. The highest BCUT2D eigenvalue weighted by Crippen LogP contribution is 2.25. The summed E-state index contributed by atoms with van der Waals surface area (Å²) in [5, 5.41) is 11.6. The van der Waals surface area contributed by atoms with Gasteiger partial charge >= 0.3 is 0 Å². The minimum Gasteiger partial charge on any atom is -0.497 e. The van der Waals surface area contributed by atoms with E-state index in [9.17, 15) is 9.59 Å². The largest absolute Gasteiger partial charge is 0.497 e. The number of hydrogen-bond acceptors (Lipinski definition) is 6. The van der Waals surface area contributed by atoms with Gasteiger partial charge in [-0.15, -0.1) is 0 Å². The molecule has 0 aliphatic heterocycles. The van der Waals surface area contributed by atoms with Gasteiger partial charge in [-0.3, -0.25) is 14.8 Å². The molecule has 3 N–H and O–H groups in total. The predicted molar refractivity (Wildman–Crippen MR) is 86.0 cm³/mol. The molecule has 1 aromatic heterocycles. The zero-order valence-corrected chi connectivity index (χ0v) is 13.5. The van der Waals surface area contributed by atoms with E-state index in [4.69, 9.17) is 9.94 Å². The summed E-state index contributed by atoms with van der Waals surface area (Å²) in [6.45, 7) is 1.92. The molecule has 0 aliphatic carbocycles. The van der Waals surface area contributed by atoms with E-state index in [0.717, 1.165) is 22.6 Å². The van der Waals surface area contributed by atoms with Crippen LogP contribution in [0.25, 0.3) is 0 Å². The van der Waals surface area contributed by atoms with Crippen molar-refractivity contribution in [2.24, 2.45) is 0 Å². The molecule has 0 saturated heterocycles. The fraction of sp³-hybridized carbons (Fsp3) is 0.267. The highest BCUT2D eigenvalue weighted by atomic mass is 32.1. The number of thiazole rings is 1. The van der Waals surface area contributed by atoms with Gasteiger partial charge in [0.1, 0.15) is 10.6 Å². The van der Waals surface area contributed by atoms with Gasteiger partial charge in [0.2, 0.25) is 5.91 Å². The number of hydroxylamine groups is 1. The smallest absolute Gasteiger partial charge is 0.286 e. The fourth-order valence-corrected chi connectivity index (χ4v) is 2.80. The molecule has 0 bridgehead atoms. The fourth-order valence-electron chi connectivity index (χ4n) is 2.09. The van der Waals surface area contributed by atoms with Crippen molar-refractivity contribution in [2.75, 3.05) is 12.4 Å². The number of nitrogens with zero attached hydrogens (tertiary/aromatic N) is 1. The first-order valence-electron chi connectivity index (χ1n) is 6.94. The summed E-state index contributed by atoms with van der Waals surface area (Å²) in [7, 11) is 1.58. The number of carbonyl (C=O) groups is 2. The number of aromatic nitrogens is 1. The second-order valence-electron chi connectivity index (χ2n) is 4.69. The standard InChI is InChI=1S/C15H17N3O4S/c1-3-11(9-4-6-10(22-2)7-5-9)13(19)17-15-16-8-12(23-15)14(20)18-21/h4-8,11,21H,3H2,1-2H3,(H,18,20)(H,16,17,19)/t11-/m1/s1. The molecule has 122 valence electrons. The summed E-state index contributed by atoms with van der Waals surface area (Å²) in [4.78, 5) is 27.9. The summed E-state index contributed by atoms with van der Waals surface area (Å²) in [5.74, 6) is -0.475. The van der Waals surface area contributed by atoms with Crippen molar-refractivity contribution >= 4 is 28.3 Å². The van der Waals surface area contributed by atoms with Crippen LogP contribution >= 0.6 is 11.3 Å². The van der Waals surface area contributed by atoms with Gasteiger partial charge < -0.3 is 10.1 Å². The third-order valence-electron chi connectivity index (χ3n) is 3.30.